The number of ether oxygens (including phenoxy) is 12. The van der Waals surface area contributed by atoms with E-state index in [0.29, 0.717) is 0 Å². The molecule has 2 N–H and O–H groups in total. The molecular formula is C49H48Cl3F3N2O21. The minimum absolute atomic E-state index is 0.0301. The van der Waals surface area contributed by atoms with Gasteiger partial charge in [-0.25, -0.2) is 19.2 Å². The fourth-order valence-electron chi connectivity index (χ4n) is 7.78. The Hall–Kier alpha value is -7.10. The summed E-state index contributed by atoms with van der Waals surface area (Å²) in [5.74, 6) is -17.6. The molecule has 23 nitrogen and oxygen atoms in total. The number of carbonyl (C=O) groups excluding carboxylic acids is 9. The Balaban J connectivity index is 1.86. The van der Waals surface area contributed by atoms with E-state index < -0.39 is 156 Å². The van der Waals surface area contributed by atoms with Crippen LogP contribution in [0.4, 0.5) is 13.2 Å². The molecule has 3 aromatic carbocycles. The predicted molar refractivity (Wildman–Crippen MR) is 256 cm³/mol. The van der Waals surface area contributed by atoms with Crippen LogP contribution in [0.1, 0.15) is 65.2 Å². The van der Waals surface area contributed by atoms with E-state index in [0.717, 1.165) is 34.8 Å². The van der Waals surface area contributed by atoms with Crippen LogP contribution >= 0.6 is 34.8 Å². The van der Waals surface area contributed by atoms with Crippen LogP contribution in [0.15, 0.2) is 91.0 Å². The molecule has 2 saturated heterocycles. The second-order valence-corrected chi connectivity index (χ2v) is 19.0. The predicted octanol–water partition coefficient (Wildman–Crippen LogP) is 4.83. The van der Waals surface area contributed by atoms with E-state index >= 15 is 0 Å². The molecule has 29 heteroatoms. The van der Waals surface area contributed by atoms with E-state index in [1.165, 1.54) is 84.9 Å². The third-order valence-corrected chi connectivity index (χ3v) is 11.5. The number of carbonyl (C=O) groups is 9. The van der Waals surface area contributed by atoms with Crippen molar-refractivity contribution < 1.29 is 113 Å². The molecule has 2 aliphatic rings. The maximum absolute atomic E-state index is 14.8. The van der Waals surface area contributed by atoms with Crippen LogP contribution in [0.5, 0.6) is 0 Å². The Bertz CT molecular complexity index is 2670. The average molecular weight is 1160 g/mol. The first-order valence-electron chi connectivity index (χ1n) is 22.8. The number of nitrogens with one attached hydrogen (secondary N) is 2. The number of esters is 8. The van der Waals surface area contributed by atoms with Crippen molar-refractivity contribution in [2.45, 2.75) is 111 Å². The Morgan fingerprint density at radius 2 is 1.19 bits per heavy atom. The highest BCUT2D eigenvalue weighted by Gasteiger charge is 2.64. The molecule has 78 heavy (non-hydrogen) atoms. The second kappa shape index (κ2) is 27.0. The van der Waals surface area contributed by atoms with E-state index in [9.17, 15) is 56.3 Å². The molecule has 0 saturated carbocycles. The van der Waals surface area contributed by atoms with Crippen molar-refractivity contribution in [1.29, 1.82) is 5.41 Å². The Labute approximate surface area is 455 Å². The number of halogens is 6. The summed E-state index contributed by atoms with van der Waals surface area (Å²) in [7, 11) is 0.722. The maximum Gasteiger partial charge on any atom is 0.471 e. The number of alkyl halides is 6. The lowest BCUT2D eigenvalue weighted by Gasteiger charge is -2.51. The first-order valence-corrected chi connectivity index (χ1v) is 24.0. The lowest BCUT2D eigenvalue weighted by atomic mass is 9.87. The largest absolute Gasteiger partial charge is 0.471 e. The number of benzene rings is 3. The van der Waals surface area contributed by atoms with Crippen molar-refractivity contribution in [3.05, 3.63) is 108 Å². The second-order valence-electron chi connectivity index (χ2n) is 16.7. The Morgan fingerprint density at radius 3 is 1.65 bits per heavy atom. The summed E-state index contributed by atoms with van der Waals surface area (Å²) in [6, 6.07) is 18.6. The molecule has 2 aliphatic heterocycles. The highest BCUT2D eigenvalue weighted by Crippen LogP contribution is 2.42. The summed E-state index contributed by atoms with van der Waals surface area (Å²) in [4.78, 5) is 121. The van der Waals surface area contributed by atoms with Crippen LogP contribution in [0.25, 0.3) is 0 Å². The van der Waals surface area contributed by atoms with Gasteiger partial charge >= 0.3 is 59.8 Å². The van der Waals surface area contributed by atoms with E-state index in [4.69, 9.17) is 97.1 Å². The van der Waals surface area contributed by atoms with Crippen LogP contribution in [-0.2, 0) is 85.6 Å². The van der Waals surface area contributed by atoms with Crippen molar-refractivity contribution in [2.24, 2.45) is 0 Å². The zero-order valence-corrected chi connectivity index (χ0v) is 43.7. The van der Waals surface area contributed by atoms with E-state index in [1.807, 2.05) is 0 Å². The monoisotopic (exact) mass is 1160 g/mol. The Morgan fingerprint density at radius 1 is 0.679 bits per heavy atom. The smallest absolute Gasteiger partial charge is 0.465 e. The highest BCUT2D eigenvalue weighted by atomic mass is 35.6. The Kier molecular flexibility index (Phi) is 21.4. The molecule has 2 fully saturated rings. The van der Waals surface area contributed by atoms with Crippen LogP contribution in [-0.4, -0.2) is 157 Å². The lowest BCUT2D eigenvalue weighted by Crippen LogP contribution is -2.72. The van der Waals surface area contributed by atoms with Gasteiger partial charge in [0.2, 0.25) is 12.2 Å². The first-order chi connectivity index (χ1) is 36.6. The number of methoxy groups -OCH3 is 1. The summed E-state index contributed by atoms with van der Waals surface area (Å²) in [6.45, 7) is 1.13. The fourth-order valence-corrected chi connectivity index (χ4v) is 7.91. The van der Waals surface area contributed by atoms with Crippen molar-refractivity contribution in [2.75, 3.05) is 20.3 Å². The van der Waals surface area contributed by atoms with Gasteiger partial charge in [0, 0.05) is 27.7 Å². The zero-order chi connectivity index (χ0) is 57.7. The summed E-state index contributed by atoms with van der Waals surface area (Å²) >= 11 is 18.1. The summed E-state index contributed by atoms with van der Waals surface area (Å²) < 4.78 is 109. The van der Waals surface area contributed by atoms with Gasteiger partial charge in [0.05, 0.1) is 36.3 Å². The number of amides is 1. The third kappa shape index (κ3) is 16.7. The number of rotatable bonds is 19. The number of hydrogen-bond donors (Lipinski definition) is 2. The summed E-state index contributed by atoms with van der Waals surface area (Å²) in [6.07, 6.45) is -28.0. The van der Waals surface area contributed by atoms with Crippen LogP contribution in [0.2, 0.25) is 0 Å². The van der Waals surface area contributed by atoms with Crippen molar-refractivity contribution in [3.8, 4) is 0 Å². The van der Waals surface area contributed by atoms with Crippen molar-refractivity contribution in [1.82, 2.24) is 5.32 Å². The van der Waals surface area contributed by atoms with Gasteiger partial charge in [-0.15, -0.1) is 0 Å². The molecule has 0 aromatic heterocycles. The van der Waals surface area contributed by atoms with Crippen molar-refractivity contribution in [3.63, 3.8) is 0 Å². The lowest BCUT2D eigenvalue weighted by molar-refractivity contribution is -0.364. The standard InChI is InChI=1S/C49H48Cl3F3N2O21/c1-24(58)68-22-32(71-26(3)60)35(72-27(4)61)37-34(57-45(65)49(53,54)55)31(70-25(2)59)21-47(77-37,46(66)67-5)78-38-36(74-41(63)29-17-11-7-12-18-29)33(23-69-40(62)28-15-9-6-10-16-28)73-43(76-44(56)48(50,51)52)39(38)75-42(64)30-19-13-8-14-20-30/h6-20,31-39,43,56H,21-23H2,1-5H3,(H,57,65)/t31-,32+,33+,34+,35+,36-,37+,38-,39+,43?,47-/m0/s1. The molecule has 5 rings (SSSR count). The highest BCUT2D eigenvalue weighted by molar-refractivity contribution is 6.76. The van der Waals surface area contributed by atoms with Gasteiger partial charge in [-0.05, 0) is 36.4 Å². The van der Waals surface area contributed by atoms with E-state index in [-0.39, 0.29) is 16.7 Å². The van der Waals surface area contributed by atoms with Gasteiger partial charge < -0.3 is 62.2 Å². The molecular weight excluding hydrogens is 1120 g/mol. The average Bonchev–Trinajstić information content (AvgIpc) is 3.49. The van der Waals surface area contributed by atoms with E-state index in [1.54, 1.807) is 11.4 Å². The third-order valence-electron chi connectivity index (χ3n) is 11.0. The summed E-state index contributed by atoms with van der Waals surface area (Å²) in [5, 5.41) is 10.1. The molecule has 2 heterocycles. The van der Waals surface area contributed by atoms with Gasteiger partial charge in [-0.1, -0.05) is 89.4 Å². The molecule has 3 aromatic rings. The van der Waals surface area contributed by atoms with Gasteiger partial charge in [-0.2, -0.15) is 13.2 Å². The van der Waals surface area contributed by atoms with Gasteiger partial charge in [-0.3, -0.25) is 29.4 Å². The molecule has 0 radical (unpaired) electrons. The molecule has 0 bridgehead atoms. The van der Waals surface area contributed by atoms with Crippen LogP contribution in [0.3, 0.4) is 0 Å². The topological polar surface area (TPSA) is 300 Å². The van der Waals surface area contributed by atoms with E-state index in [2.05, 4.69) is 0 Å². The molecule has 422 valence electrons. The molecule has 0 aliphatic carbocycles. The first kappa shape index (κ1) is 61.7. The SMILES string of the molecule is COC(=O)[C@@]1(O[C@H]2[C@@H](OC(=O)c3ccccc3)[C@@H](COC(=O)c3ccccc3)OC(OC(=N)C(Cl)(Cl)Cl)[C@@H]2OC(=O)c2ccccc2)C[C@H](OC(C)=O)[C@@H](NC(=O)C(F)(F)F)[C@H]([C@H](OC(C)=O)[C@@H](COC(C)=O)OC(C)=O)O1. The van der Waals surface area contributed by atoms with Crippen LogP contribution < -0.4 is 5.32 Å². The molecule has 1 unspecified atom stereocenters. The minimum Gasteiger partial charge on any atom is -0.465 e. The minimum atomic E-state index is -5.73. The normalized spacial score (nSPS) is 23.8. The van der Waals surface area contributed by atoms with Gasteiger partial charge in [0.1, 0.15) is 37.6 Å². The quantitative estimate of drug-likeness (QED) is 0.0534. The van der Waals surface area contributed by atoms with Crippen LogP contribution in [0, 0.1) is 5.41 Å². The van der Waals surface area contributed by atoms with Gasteiger partial charge in [0.25, 0.3) is 9.58 Å². The maximum atomic E-state index is 14.8. The van der Waals surface area contributed by atoms with Gasteiger partial charge in [0.15, 0.2) is 24.4 Å². The van der Waals surface area contributed by atoms with Crippen molar-refractivity contribution >= 4 is 94.4 Å². The summed E-state index contributed by atoms with van der Waals surface area (Å²) in [5.41, 5.74) is -0.433. The fraction of sp³-hybridized carbons (Fsp3) is 0.429. The molecule has 11 atom stereocenters. The molecule has 1 amide bonds. The number of hydrogen-bond acceptors (Lipinski definition) is 22. The zero-order valence-electron chi connectivity index (χ0n) is 41.4. The molecule has 0 spiro atoms.